The highest BCUT2D eigenvalue weighted by Gasteiger charge is 2.30. The van der Waals surface area contributed by atoms with E-state index in [1.54, 1.807) is 72.8 Å². The third-order valence-corrected chi connectivity index (χ3v) is 7.90. The second-order valence-electron chi connectivity index (χ2n) is 8.46. The lowest BCUT2D eigenvalue weighted by atomic mass is 9.87. The summed E-state index contributed by atoms with van der Waals surface area (Å²) in [7, 11) is -3.86. The van der Waals surface area contributed by atoms with Crippen molar-refractivity contribution in [3.05, 3.63) is 136 Å². The lowest BCUT2D eigenvalue weighted by Gasteiger charge is -2.24. The van der Waals surface area contributed by atoms with Crippen LogP contribution in [0.15, 0.2) is 114 Å². The number of hydrogen-bond donors (Lipinski definition) is 1. The Kier molecular flexibility index (Phi) is 7.93. The molecule has 4 rings (SSSR count). The molecule has 0 aliphatic carbocycles. The summed E-state index contributed by atoms with van der Waals surface area (Å²) in [5.41, 5.74) is 1.36. The standard InChI is InChI=1S/C30H26ClNO3S/c1-24-13-19-29(20-14-24)36(34,35)32(23-25-15-17-28(31)18-16-25)22-8-21-30(33,26-9-4-2-5-10-26)27-11-6-3-7-12-27/h2-7,9-20,33H,22-23H2,1H3. The summed E-state index contributed by atoms with van der Waals surface area (Å²) < 4.78 is 28.5. The smallest absolute Gasteiger partial charge is 0.244 e. The second-order valence-corrected chi connectivity index (χ2v) is 10.8. The maximum absolute atomic E-state index is 13.6. The number of sulfonamides is 1. The molecule has 4 nitrogen and oxygen atoms in total. The molecule has 0 saturated heterocycles. The van der Waals surface area contributed by atoms with Crippen molar-refractivity contribution in [1.82, 2.24) is 4.31 Å². The van der Waals surface area contributed by atoms with Crippen molar-refractivity contribution in [1.29, 1.82) is 0 Å². The SMILES string of the molecule is Cc1ccc(S(=O)(=O)N(CC#CC(O)(c2ccccc2)c2ccccc2)Cc2ccc(Cl)cc2)cc1. The fourth-order valence-electron chi connectivity index (χ4n) is 3.80. The third kappa shape index (κ3) is 5.87. The summed E-state index contributed by atoms with van der Waals surface area (Å²) >= 11 is 6.02. The Labute approximate surface area is 217 Å². The number of halogens is 1. The molecule has 182 valence electrons. The minimum absolute atomic E-state index is 0.108. The van der Waals surface area contributed by atoms with Crippen LogP contribution in [0.25, 0.3) is 0 Å². The zero-order valence-corrected chi connectivity index (χ0v) is 21.4. The Morgan fingerprint density at radius 1 is 0.806 bits per heavy atom. The number of aliphatic hydroxyl groups is 1. The molecule has 0 aromatic heterocycles. The van der Waals surface area contributed by atoms with E-state index in [2.05, 4.69) is 11.8 Å². The number of rotatable bonds is 7. The van der Waals surface area contributed by atoms with Crippen LogP contribution in [0.3, 0.4) is 0 Å². The van der Waals surface area contributed by atoms with Crippen LogP contribution in [0.4, 0.5) is 0 Å². The average Bonchev–Trinajstić information content (AvgIpc) is 2.90. The molecule has 0 radical (unpaired) electrons. The summed E-state index contributed by atoms with van der Waals surface area (Å²) in [4.78, 5) is 0.185. The van der Waals surface area contributed by atoms with Gasteiger partial charge in [-0.2, -0.15) is 4.31 Å². The maximum Gasteiger partial charge on any atom is 0.244 e. The molecule has 0 unspecified atom stereocenters. The van der Waals surface area contributed by atoms with Crippen molar-refractivity contribution in [2.45, 2.75) is 24.0 Å². The van der Waals surface area contributed by atoms with Crippen LogP contribution in [0.5, 0.6) is 0 Å². The van der Waals surface area contributed by atoms with E-state index in [9.17, 15) is 13.5 Å². The highest BCUT2D eigenvalue weighted by molar-refractivity contribution is 7.89. The van der Waals surface area contributed by atoms with Gasteiger partial charge in [-0.3, -0.25) is 0 Å². The Morgan fingerprint density at radius 3 is 1.86 bits per heavy atom. The Balaban J connectivity index is 1.72. The first-order valence-corrected chi connectivity index (χ1v) is 13.3. The predicted octanol–water partition coefficient (Wildman–Crippen LogP) is 5.78. The first kappa shape index (κ1) is 25.7. The summed E-state index contributed by atoms with van der Waals surface area (Å²) in [6.45, 7) is 1.90. The molecule has 0 aliphatic heterocycles. The topological polar surface area (TPSA) is 57.6 Å². The van der Waals surface area contributed by atoms with Gasteiger partial charge in [-0.05, 0) is 36.8 Å². The quantitative estimate of drug-likeness (QED) is 0.317. The molecule has 6 heteroatoms. The van der Waals surface area contributed by atoms with Gasteiger partial charge in [0.05, 0.1) is 11.4 Å². The van der Waals surface area contributed by atoms with Crippen molar-refractivity contribution >= 4 is 21.6 Å². The molecule has 4 aromatic rings. The minimum Gasteiger partial charge on any atom is -0.369 e. The van der Waals surface area contributed by atoms with E-state index in [0.29, 0.717) is 16.1 Å². The largest absolute Gasteiger partial charge is 0.369 e. The van der Waals surface area contributed by atoms with Gasteiger partial charge < -0.3 is 5.11 Å². The van der Waals surface area contributed by atoms with Gasteiger partial charge in [0.25, 0.3) is 0 Å². The highest BCUT2D eigenvalue weighted by Crippen LogP contribution is 2.29. The number of aryl methyl sites for hydroxylation is 1. The van der Waals surface area contributed by atoms with Crippen LogP contribution in [0, 0.1) is 18.8 Å². The average molecular weight is 516 g/mol. The van der Waals surface area contributed by atoms with Crippen molar-refractivity contribution in [2.24, 2.45) is 0 Å². The molecule has 0 atom stereocenters. The van der Waals surface area contributed by atoms with E-state index in [1.165, 1.54) is 4.31 Å². The summed E-state index contributed by atoms with van der Waals surface area (Å²) in [5.74, 6) is 5.93. The summed E-state index contributed by atoms with van der Waals surface area (Å²) in [5, 5.41) is 12.3. The molecule has 0 heterocycles. The van der Waals surface area contributed by atoms with Crippen LogP contribution in [-0.2, 0) is 22.2 Å². The van der Waals surface area contributed by atoms with Crippen LogP contribution >= 0.6 is 11.6 Å². The highest BCUT2D eigenvalue weighted by atomic mass is 35.5. The molecule has 4 aromatic carbocycles. The maximum atomic E-state index is 13.6. The van der Waals surface area contributed by atoms with E-state index in [1.807, 2.05) is 43.3 Å². The predicted molar refractivity (Wildman–Crippen MR) is 144 cm³/mol. The molecule has 0 aliphatic rings. The van der Waals surface area contributed by atoms with Crippen molar-refractivity contribution in [2.75, 3.05) is 6.54 Å². The molecule has 0 bridgehead atoms. The second kappa shape index (κ2) is 11.1. The van der Waals surface area contributed by atoms with E-state index < -0.39 is 15.6 Å². The van der Waals surface area contributed by atoms with E-state index in [4.69, 9.17) is 11.6 Å². The van der Waals surface area contributed by atoms with Crippen LogP contribution < -0.4 is 0 Å². The molecular formula is C30H26ClNO3S. The van der Waals surface area contributed by atoms with Gasteiger partial charge in [-0.1, -0.05) is 114 Å². The van der Waals surface area contributed by atoms with E-state index >= 15 is 0 Å². The van der Waals surface area contributed by atoms with Crippen molar-refractivity contribution in [3.63, 3.8) is 0 Å². The van der Waals surface area contributed by atoms with Crippen LogP contribution in [0.1, 0.15) is 22.3 Å². The monoisotopic (exact) mass is 515 g/mol. The van der Waals surface area contributed by atoms with Gasteiger partial charge in [0.15, 0.2) is 5.60 Å². The number of hydrogen-bond acceptors (Lipinski definition) is 3. The molecule has 1 N–H and O–H groups in total. The van der Waals surface area contributed by atoms with Crippen LogP contribution in [-0.4, -0.2) is 24.4 Å². The Bertz CT molecular complexity index is 1420. The zero-order chi connectivity index (χ0) is 25.6. The van der Waals surface area contributed by atoms with Gasteiger partial charge in [-0.25, -0.2) is 8.42 Å². The van der Waals surface area contributed by atoms with E-state index in [-0.39, 0.29) is 18.0 Å². The van der Waals surface area contributed by atoms with Gasteiger partial charge in [0, 0.05) is 22.7 Å². The third-order valence-electron chi connectivity index (χ3n) is 5.84. The Morgan fingerprint density at radius 2 is 1.33 bits per heavy atom. The summed E-state index contributed by atoms with van der Waals surface area (Å²) in [6, 6.07) is 32.0. The molecule has 0 fully saturated rings. The molecular weight excluding hydrogens is 490 g/mol. The van der Waals surface area contributed by atoms with Crippen molar-refractivity contribution in [3.8, 4) is 11.8 Å². The Hall–Kier alpha value is -3.40. The molecule has 0 amide bonds. The molecule has 36 heavy (non-hydrogen) atoms. The molecule has 0 saturated carbocycles. The lowest BCUT2D eigenvalue weighted by molar-refractivity contribution is 0.145. The van der Waals surface area contributed by atoms with Gasteiger partial charge in [0.2, 0.25) is 10.0 Å². The van der Waals surface area contributed by atoms with Crippen molar-refractivity contribution < 1.29 is 13.5 Å². The first-order chi connectivity index (χ1) is 17.3. The normalized spacial score (nSPS) is 11.7. The van der Waals surface area contributed by atoms with E-state index in [0.717, 1.165) is 11.1 Å². The fraction of sp³-hybridized carbons (Fsp3) is 0.133. The van der Waals surface area contributed by atoms with Crippen LogP contribution in [0.2, 0.25) is 5.02 Å². The minimum atomic E-state index is -3.86. The number of nitrogens with zero attached hydrogens (tertiary/aromatic N) is 1. The fourth-order valence-corrected chi connectivity index (χ4v) is 5.26. The van der Waals surface area contributed by atoms with Gasteiger partial charge >= 0.3 is 0 Å². The zero-order valence-electron chi connectivity index (χ0n) is 19.8. The van der Waals surface area contributed by atoms with Gasteiger partial charge in [0.1, 0.15) is 0 Å². The first-order valence-electron chi connectivity index (χ1n) is 11.4. The summed E-state index contributed by atoms with van der Waals surface area (Å²) in [6.07, 6.45) is 0. The number of benzene rings is 4. The lowest BCUT2D eigenvalue weighted by Crippen LogP contribution is -2.32. The van der Waals surface area contributed by atoms with Gasteiger partial charge in [-0.15, -0.1) is 0 Å². The molecule has 0 spiro atoms.